The highest BCUT2D eigenvalue weighted by Crippen LogP contribution is 2.24. The predicted molar refractivity (Wildman–Crippen MR) is 73.2 cm³/mol. The zero-order chi connectivity index (χ0) is 14.5. The van der Waals surface area contributed by atoms with Crippen molar-refractivity contribution >= 4 is 5.69 Å². The molecule has 0 aliphatic rings. The summed E-state index contributed by atoms with van der Waals surface area (Å²) >= 11 is 0. The number of methoxy groups -OCH3 is 2. The maximum Gasteiger partial charge on any atom is 0.170 e. The van der Waals surface area contributed by atoms with E-state index < -0.39 is 11.6 Å². The predicted octanol–water partition coefficient (Wildman–Crippen LogP) is 3.59. The third-order valence-electron chi connectivity index (χ3n) is 2.91. The number of ether oxygens (including phenoxy) is 2. The summed E-state index contributed by atoms with van der Waals surface area (Å²) < 4.78 is 37.5. The molecule has 0 spiro atoms. The van der Waals surface area contributed by atoms with Crippen molar-refractivity contribution in [3.05, 3.63) is 53.6 Å². The summed E-state index contributed by atoms with van der Waals surface area (Å²) in [6.07, 6.45) is 0. The maximum absolute atomic E-state index is 13.9. The van der Waals surface area contributed by atoms with Gasteiger partial charge in [-0.05, 0) is 18.2 Å². The van der Waals surface area contributed by atoms with Gasteiger partial charge in [0.15, 0.2) is 11.6 Å². The van der Waals surface area contributed by atoms with Crippen LogP contribution in [0.5, 0.6) is 11.5 Å². The Bertz CT molecular complexity index is 600. The van der Waals surface area contributed by atoms with Gasteiger partial charge in [0.25, 0.3) is 0 Å². The lowest BCUT2D eigenvalue weighted by molar-refractivity contribution is 0.384. The number of hydrogen-bond acceptors (Lipinski definition) is 3. The number of nitrogens with one attached hydrogen (secondary N) is 1. The van der Waals surface area contributed by atoms with Crippen molar-refractivity contribution in [2.75, 3.05) is 19.5 Å². The van der Waals surface area contributed by atoms with E-state index in [1.54, 1.807) is 12.1 Å². The van der Waals surface area contributed by atoms with Gasteiger partial charge in [-0.25, -0.2) is 8.78 Å². The summed E-state index contributed by atoms with van der Waals surface area (Å²) in [7, 11) is 2.90. The van der Waals surface area contributed by atoms with Crippen LogP contribution in [-0.4, -0.2) is 14.2 Å². The van der Waals surface area contributed by atoms with Crippen LogP contribution >= 0.6 is 0 Å². The highest BCUT2D eigenvalue weighted by atomic mass is 19.1. The van der Waals surface area contributed by atoms with Gasteiger partial charge in [-0.15, -0.1) is 0 Å². The van der Waals surface area contributed by atoms with Crippen molar-refractivity contribution in [1.29, 1.82) is 0 Å². The van der Waals surface area contributed by atoms with Crippen molar-refractivity contribution in [3.63, 3.8) is 0 Å². The van der Waals surface area contributed by atoms with Gasteiger partial charge in [0.05, 0.1) is 19.9 Å². The molecule has 20 heavy (non-hydrogen) atoms. The Morgan fingerprint density at radius 1 is 1.05 bits per heavy atom. The second-order valence-electron chi connectivity index (χ2n) is 4.13. The van der Waals surface area contributed by atoms with Gasteiger partial charge in [0.1, 0.15) is 11.6 Å². The highest BCUT2D eigenvalue weighted by molar-refractivity contribution is 5.50. The van der Waals surface area contributed by atoms with Crippen LogP contribution < -0.4 is 14.8 Å². The zero-order valence-corrected chi connectivity index (χ0v) is 11.2. The van der Waals surface area contributed by atoms with Crippen molar-refractivity contribution < 1.29 is 18.3 Å². The third kappa shape index (κ3) is 2.99. The highest BCUT2D eigenvalue weighted by Gasteiger charge is 2.09. The summed E-state index contributed by atoms with van der Waals surface area (Å²) in [6, 6.07) is 9.16. The van der Waals surface area contributed by atoms with Crippen LogP contribution in [0.1, 0.15) is 5.56 Å². The number of halogens is 2. The van der Waals surface area contributed by atoms with Gasteiger partial charge >= 0.3 is 0 Å². The van der Waals surface area contributed by atoms with E-state index in [1.165, 1.54) is 38.5 Å². The van der Waals surface area contributed by atoms with E-state index in [1.807, 2.05) is 0 Å². The molecule has 0 atom stereocenters. The van der Waals surface area contributed by atoms with Gasteiger partial charge in [-0.3, -0.25) is 0 Å². The smallest absolute Gasteiger partial charge is 0.170 e. The Morgan fingerprint density at radius 2 is 1.85 bits per heavy atom. The van der Waals surface area contributed by atoms with E-state index >= 15 is 0 Å². The van der Waals surface area contributed by atoms with Crippen LogP contribution in [0.3, 0.4) is 0 Å². The molecule has 0 amide bonds. The molecule has 0 saturated heterocycles. The summed E-state index contributed by atoms with van der Waals surface area (Å²) in [4.78, 5) is 0. The average Bonchev–Trinajstić information content (AvgIpc) is 2.47. The summed E-state index contributed by atoms with van der Waals surface area (Å²) in [5, 5.41) is 2.85. The average molecular weight is 279 g/mol. The first-order valence-electron chi connectivity index (χ1n) is 6.04. The summed E-state index contributed by atoms with van der Waals surface area (Å²) in [5.41, 5.74) is 0.651. The van der Waals surface area contributed by atoms with E-state index in [4.69, 9.17) is 9.47 Å². The standard InChI is InChI=1S/C15H15F2NO2/c1-19-11-6-7-12(16)13(8-11)18-9-10-4-3-5-14(20-2)15(10)17/h3-8,18H,9H2,1-2H3. The van der Waals surface area contributed by atoms with E-state index in [-0.39, 0.29) is 18.0 Å². The van der Waals surface area contributed by atoms with Crippen LogP contribution in [0.4, 0.5) is 14.5 Å². The molecular weight excluding hydrogens is 264 g/mol. The molecule has 0 unspecified atom stereocenters. The largest absolute Gasteiger partial charge is 0.497 e. The van der Waals surface area contributed by atoms with Crippen LogP contribution in [-0.2, 0) is 6.54 Å². The Hall–Kier alpha value is -2.30. The maximum atomic E-state index is 13.9. The monoisotopic (exact) mass is 279 g/mol. The van der Waals surface area contributed by atoms with Crippen molar-refractivity contribution in [3.8, 4) is 11.5 Å². The quantitative estimate of drug-likeness (QED) is 0.907. The van der Waals surface area contributed by atoms with E-state index in [9.17, 15) is 8.78 Å². The van der Waals surface area contributed by atoms with Gasteiger partial charge in [0, 0.05) is 18.2 Å². The molecule has 2 aromatic rings. The second-order valence-corrected chi connectivity index (χ2v) is 4.13. The van der Waals surface area contributed by atoms with Crippen molar-refractivity contribution in [1.82, 2.24) is 0 Å². The Kier molecular flexibility index (Phi) is 4.40. The van der Waals surface area contributed by atoms with Gasteiger partial charge in [0.2, 0.25) is 0 Å². The Morgan fingerprint density at radius 3 is 2.55 bits per heavy atom. The number of rotatable bonds is 5. The molecule has 2 aromatic carbocycles. The minimum Gasteiger partial charge on any atom is -0.497 e. The fourth-order valence-corrected chi connectivity index (χ4v) is 1.81. The van der Waals surface area contributed by atoms with Gasteiger partial charge < -0.3 is 14.8 Å². The molecule has 0 aliphatic heterocycles. The van der Waals surface area contributed by atoms with Crippen molar-refractivity contribution in [2.45, 2.75) is 6.54 Å². The van der Waals surface area contributed by atoms with E-state index in [0.29, 0.717) is 11.3 Å². The zero-order valence-electron chi connectivity index (χ0n) is 11.2. The SMILES string of the molecule is COc1ccc(F)c(NCc2cccc(OC)c2F)c1. The molecule has 0 aromatic heterocycles. The fraction of sp³-hybridized carbons (Fsp3) is 0.200. The first-order chi connectivity index (χ1) is 9.65. The van der Waals surface area contributed by atoms with Crippen LogP contribution in [0.25, 0.3) is 0 Å². The van der Waals surface area contributed by atoms with Gasteiger partial charge in [-0.1, -0.05) is 12.1 Å². The third-order valence-corrected chi connectivity index (χ3v) is 2.91. The van der Waals surface area contributed by atoms with Crippen LogP contribution in [0.2, 0.25) is 0 Å². The topological polar surface area (TPSA) is 30.5 Å². The molecule has 3 nitrogen and oxygen atoms in total. The lowest BCUT2D eigenvalue weighted by Crippen LogP contribution is -2.04. The molecule has 0 radical (unpaired) electrons. The number of anilines is 1. The first-order valence-corrected chi connectivity index (χ1v) is 6.04. The molecular formula is C15H15F2NO2. The minimum atomic E-state index is -0.453. The molecule has 0 saturated carbocycles. The summed E-state index contributed by atoms with van der Waals surface area (Å²) in [5.74, 6) is -0.185. The molecule has 0 aliphatic carbocycles. The van der Waals surface area contributed by atoms with Crippen LogP contribution in [0, 0.1) is 11.6 Å². The van der Waals surface area contributed by atoms with E-state index in [0.717, 1.165) is 0 Å². The minimum absolute atomic E-state index is 0.146. The molecule has 0 fully saturated rings. The lowest BCUT2D eigenvalue weighted by atomic mass is 10.2. The van der Waals surface area contributed by atoms with E-state index in [2.05, 4.69) is 5.32 Å². The van der Waals surface area contributed by atoms with Crippen LogP contribution in [0.15, 0.2) is 36.4 Å². The van der Waals surface area contributed by atoms with Gasteiger partial charge in [-0.2, -0.15) is 0 Å². The molecule has 5 heteroatoms. The molecule has 1 N–H and O–H groups in total. The summed E-state index contributed by atoms with van der Waals surface area (Å²) in [6.45, 7) is 0.146. The molecule has 2 rings (SSSR count). The second kappa shape index (κ2) is 6.23. The Labute approximate surface area is 116 Å². The fourth-order valence-electron chi connectivity index (χ4n) is 1.81. The first kappa shape index (κ1) is 14.1. The Balaban J connectivity index is 2.16. The lowest BCUT2D eigenvalue weighted by Gasteiger charge is -2.11. The molecule has 0 heterocycles. The molecule has 106 valence electrons. The molecule has 0 bridgehead atoms. The number of hydrogen-bond donors (Lipinski definition) is 1. The normalized spacial score (nSPS) is 10.2. The number of benzene rings is 2. The van der Waals surface area contributed by atoms with Crippen molar-refractivity contribution in [2.24, 2.45) is 0 Å².